The van der Waals surface area contributed by atoms with Gasteiger partial charge in [-0.25, -0.2) is 4.57 Å². The third kappa shape index (κ3) is 25.8. The van der Waals surface area contributed by atoms with E-state index in [1.54, 1.807) is 0 Å². The zero-order valence-electron chi connectivity index (χ0n) is 34.7. The summed E-state index contributed by atoms with van der Waals surface area (Å²) in [6.45, 7) is 3.25. The molecule has 56 heavy (non-hydrogen) atoms. The molecule has 0 amide bonds. The summed E-state index contributed by atoms with van der Waals surface area (Å²) in [6, 6.07) is 0. The summed E-state index contributed by atoms with van der Waals surface area (Å²) in [7, 11) is -5.11. The van der Waals surface area contributed by atoms with Crippen molar-refractivity contribution in [3.63, 3.8) is 0 Å². The van der Waals surface area contributed by atoms with Crippen molar-refractivity contribution in [2.45, 2.75) is 230 Å². The summed E-state index contributed by atoms with van der Waals surface area (Å²) < 4.78 is 33.4. The van der Waals surface area contributed by atoms with E-state index in [1.807, 2.05) is 0 Å². The smallest absolute Gasteiger partial charge is 0.462 e. The first-order valence-electron chi connectivity index (χ1n) is 22.0. The number of hydrogen-bond donors (Lipinski definition) is 6. The average Bonchev–Trinajstić information content (AvgIpc) is 3.18. The number of phosphoric acid groups is 1. The average molecular weight is 823 g/mol. The number of ether oxygens (including phenoxy) is 2. The molecule has 6 unspecified atom stereocenters. The van der Waals surface area contributed by atoms with Crippen molar-refractivity contribution in [2.75, 3.05) is 13.2 Å². The molecule has 0 aromatic heterocycles. The maximum atomic E-state index is 12.8. The summed E-state index contributed by atoms with van der Waals surface area (Å²) in [5.41, 5.74) is 0. The largest absolute Gasteiger partial charge is 0.472 e. The van der Waals surface area contributed by atoms with Gasteiger partial charge in [0.15, 0.2) is 6.10 Å². The molecule has 0 aromatic carbocycles. The van der Waals surface area contributed by atoms with Crippen LogP contribution in [0, 0.1) is 0 Å². The van der Waals surface area contributed by atoms with Gasteiger partial charge in [0.1, 0.15) is 43.2 Å². The number of rotatable bonds is 36. The first-order valence-corrected chi connectivity index (χ1v) is 23.5. The fourth-order valence-electron chi connectivity index (χ4n) is 6.74. The van der Waals surface area contributed by atoms with Crippen molar-refractivity contribution in [3.8, 4) is 0 Å². The number of aliphatic hydroxyl groups excluding tert-OH is 5. The second-order valence-electron chi connectivity index (χ2n) is 15.6. The Hall–Kier alpha value is -1.41. The first kappa shape index (κ1) is 52.6. The summed E-state index contributed by atoms with van der Waals surface area (Å²) >= 11 is 0. The number of allylic oxidation sites excluding steroid dienone is 2. The van der Waals surface area contributed by atoms with E-state index in [0.29, 0.717) is 12.8 Å². The van der Waals surface area contributed by atoms with Gasteiger partial charge in [0.2, 0.25) is 0 Å². The molecule has 0 bridgehead atoms. The van der Waals surface area contributed by atoms with Gasteiger partial charge in [-0.15, -0.1) is 0 Å². The van der Waals surface area contributed by atoms with E-state index in [0.717, 1.165) is 57.8 Å². The first-order chi connectivity index (χ1) is 26.9. The maximum absolute atomic E-state index is 12.8. The molecule has 0 aliphatic heterocycles. The lowest BCUT2D eigenvalue weighted by molar-refractivity contribution is -0.220. The Balaban J connectivity index is 2.46. The molecule has 0 radical (unpaired) electrons. The Morgan fingerprint density at radius 2 is 0.929 bits per heavy atom. The molecule has 0 aromatic rings. The normalized spacial score (nSPS) is 22.9. The minimum absolute atomic E-state index is 0.0897. The van der Waals surface area contributed by atoms with Gasteiger partial charge in [-0.3, -0.25) is 18.6 Å². The molecule has 1 saturated carbocycles. The van der Waals surface area contributed by atoms with Gasteiger partial charge in [-0.1, -0.05) is 154 Å². The van der Waals surface area contributed by atoms with E-state index in [4.69, 9.17) is 18.5 Å². The fourth-order valence-corrected chi connectivity index (χ4v) is 7.71. The second-order valence-corrected chi connectivity index (χ2v) is 17.0. The van der Waals surface area contributed by atoms with E-state index in [1.165, 1.54) is 89.9 Å². The molecule has 1 aliphatic rings. The highest BCUT2D eigenvalue weighted by Gasteiger charge is 2.51. The lowest BCUT2D eigenvalue weighted by Crippen LogP contribution is -2.64. The van der Waals surface area contributed by atoms with E-state index >= 15 is 0 Å². The Bertz CT molecular complexity index is 1040. The standard InChI is InChI=1S/C42H79O13P/c1-3-5-7-9-11-13-15-16-17-18-19-21-22-24-26-28-30-35(43)52-32-34(54-36(44)31-29-27-25-23-20-14-12-10-8-6-4-2)33-53-56(50,51)55-42-40(48)38(46)37(45)39(47)41(42)49/h10,12,34,37-42,45-49H,3-9,11,13-33H2,1-2H3,(H,50,51)/b12-10+/t34-,37?,38-,39?,40?,41?,42?/m0/s1. The molecule has 6 N–H and O–H groups in total. The molecule has 0 heterocycles. The Kier molecular flexibility index (Phi) is 31.4. The summed E-state index contributed by atoms with van der Waals surface area (Å²) in [5.74, 6) is -1.10. The lowest BCUT2D eigenvalue weighted by atomic mass is 9.85. The van der Waals surface area contributed by atoms with Crippen LogP contribution in [0.1, 0.15) is 187 Å². The number of carbonyl (C=O) groups excluding carboxylic acids is 2. The molecular formula is C42H79O13P. The van der Waals surface area contributed by atoms with Crippen LogP contribution in [0.2, 0.25) is 0 Å². The molecule has 0 saturated heterocycles. The summed E-state index contributed by atoms with van der Waals surface area (Å²) in [4.78, 5) is 35.6. The van der Waals surface area contributed by atoms with Gasteiger partial charge >= 0.3 is 19.8 Å². The number of hydrogen-bond acceptors (Lipinski definition) is 12. The molecule has 330 valence electrons. The van der Waals surface area contributed by atoms with Crippen molar-refractivity contribution in [2.24, 2.45) is 0 Å². The molecule has 1 aliphatic carbocycles. The molecule has 14 heteroatoms. The maximum Gasteiger partial charge on any atom is 0.472 e. The highest BCUT2D eigenvalue weighted by Crippen LogP contribution is 2.47. The van der Waals surface area contributed by atoms with Crippen LogP contribution in [0.3, 0.4) is 0 Å². The minimum atomic E-state index is -5.11. The van der Waals surface area contributed by atoms with Gasteiger partial charge in [-0.05, 0) is 32.1 Å². The van der Waals surface area contributed by atoms with Crippen LogP contribution in [0.25, 0.3) is 0 Å². The predicted molar refractivity (Wildman–Crippen MR) is 217 cm³/mol. The van der Waals surface area contributed by atoms with Crippen LogP contribution in [-0.2, 0) is 32.7 Å². The van der Waals surface area contributed by atoms with Crippen molar-refractivity contribution in [3.05, 3.63) is 12.2 Å². The van der Waals surface area contributed by atoms with Crippen LogP contribution in [0.5, 0.6) is 0 Å². The monoisotopic (exact) mass is 823 g/mol. The number of unbranched alkanes of at least 4 members (excludes halogenated alkanes) is 22. The van der Waals surface area contributed by atoms with Crippen LogP contribution < -0.4 is 0 Å². The van der Waals surface area contributed by atoms with Crippen molar-refractivity contribution in [1.29, 1.82) is 0 Å². The third-order valence-corrected chi connectivity index (χ3v) is 11.3. The minimum Gasteiger partial charge on any atom is -0.462 e. The zero-order chi connectivity index (χ0) is 41.4. The van der Waals surface area contributed by atoms with Crippen LogP contribution in [0.15, 0.2) is 12.2 Å². The highest BCUT2D eigenvalue weighted by molar-refractivity contribution is 7.47. The van der Waals surface area contributed by atoms with Crippen LogP contribution in [0.4, 0.5) is 0 Å². The van der Waals surface area contributed by atoms with Gasteiger partial charge in [0.05, 0.1) is 6.61 Å². The van der Waals surface area contributed by atoms with Gasteiger partial charge in [0, 0.05) is 12.8 Å². The Morgan fingerprint density at radius 3 is 1.41 bits per heavy atom. The van der Waals surface area contributed by atoms with Gasteiger partial charge in [-0.2, -0.15) is 0 Å². The molecule has 8 atom stereocenters. The Labute approximate surface area is 337 Å². The van der Waals surface area contributed by atoms with Crippen LogP contribution >= 0.6 is 7.82 Å². The van der Waals surface area contributed by atoms with Crippen molar-refractivity contribution < 1.29 is 63.1 Å². The van der Waals surface area contributed by atoms with E-state index in [-0.39, 0.29) is 12.8 Å². The second kappa shape index (κ2) is 33.4. The molecular weight excluding hydrogens is 743 g/mol. The summed E-state index contributed by atoms with van der Waals surface area (Å²) in [5, 5.41) is 50.0. The number of aliphatic hydroxyl groups is 5. The van der Waals surface area contributed by atoms with E-state index in [9.17, 15) is 44.6 Å². The fraction of sp³-hybridized carbons (Fsp3) is 0.905. The number of esters is 2. The number of carbonyl (C=O) groups is 2. The quantitative estimate of drug-likeness (QED) is 0.0154. The lowest BCUT2D eigenvalue weighted by Gasteiger charge is -2.41. The highest BCUT2D eigenvalue weighted by atomic mass is 31.2. The van der Waals surface area contributed by atoms with E-state index in [2.05, 4.69) is 26.0 Å². The van der Waals surface area contributed by atoms with Gasteiger partial charge in [0.25, 0.3) is 0 Å². The molecule has 0 spiro atoms. The molecule has 1 fully saturated rings. The number of phosphoric ester groups is 1. The third-order valence-electron chi connectivity index (χ3n) is 10.4. The Morgan fingerprint density at radius 1 is 0.536 bits per heavy atom. The van der Waals surface area contributed by atoms with Crippen LogP contribution in [-0.4, -0.2) is 98.3 Å². The van der Waals surface area contributed by atoms with E-state index < -0.39 is 75.7 Å². The SMILES string of the molecule is CCCC/C=C/CCCCCCCC(=O)O[C@@H](COC(=O)CCCCCCCCCCCCCCCCCC)COP(=O)(O)OC1C(O)C(O)C(O)[C@H](O)C1O. The predicted octanol–water partition coefficient (Wildman–Crippen LogP) is 7.89. The zero-order valence-corrected chi connectivity index (χ0v) is 35.6. The van der Waals surface area contributed by atoms with Crippen molar-refractivity contribution in [1.82, 2.24) is 0 Å². The van der Waals surface area contributed by atoms with Gasteiger partial charge < -0.3 is 39.9 Å². The van der Waals surface area contributed by atoms with Crippen molar-refractivity contribution >= 4 is 19.8 Å². The molecule has 13 nitrogen and oxygen atoms in total. The summed E-state index contributed by atoms with van der Waals surface area (Å²) in [6.07, 6.45) is 19.9. The topological polar surface area (TPSA) is 210 Å². The molecule has 1 rings (SSSR count).